The first-order chi connectivity index (χ1) is 6.16. The highest BCUT2D eigenvalue weighted by molar-refractivity contribution is 14.1. The lowest BCUT2D eigenvalue weighted by Gasteiger charge is -2.14. The van der Waals surface area contributed by atoms with E-state index in [0.29, 0.717) is 6.61 Å². The molecule has 0 saturated carbocycles. The van der Waals surface area contributed by atoms with E-state index in [2.05, 4.69) is 22.6 Å². The SMILES string of the molecule is CCOc1cccc(I)c1[C@@H](C)N. The summed E-state index contributed by atoms with van der Waals surface area (Å²) < 4.78 is 6.66. The van der Waals surface area contributed by atoms with Gasteiger partial charge in [0.15, 0.2) is 0 Å². The van der Waals surface area contributed by atoms with E-state index in [1.54, 1.807) is 0 Å². The second kappa shape index (κ2) is 4.81. The normalized spacial score (nSPS) is 12.6. The van der Waals surface area contributed by atoms with E-state index in [9.17, 15) is 0 Å². The van der Waals surface area contributed by atoms with E-state index in [0.717, 1.165) is 11.3 Å². The van der Waals surface area contributed by atoms with Gasteiger partial charge in [-0.2, -0.15) is 0 Å². The van der Waals surface area contributed by atoms with Crippen LogP contribution in [0.15, 0.2) is 18.2 Å². The fourth-order valence-electron chi connectivity index (χ4n) is 1.24. The molecule has 0 aliphatic heterocycles. The van der Waals surface area contributed by atoms with Gasteiger partial charge in [0, 0.05) is 15.2 Å². The number of nitrogens with two attached hydrogens (primary N) is 1. The third-order valence-corrected chi connectivity index (χ3v) is 2.71. The van der Waals surface area contributed by atoms with Crippen LogP contribution in [0.2, 0.25) is 0 Å². The number of halogens is 1. The van der Waals surface area contributed by atoms with E-state index in [4.69, 9.17) is 10.5 Å². The van der Waals surface area contributed by atoms with Crippen molar-refractivity contribution in [2.45, 2.75) is 19.9 Å². The standard InChI is InChI=1S/C10H14INO/c1-3-13-9-6-4-5-8(11)10(9)7(2)12/h4-7H,3,12H2,1-2H3/t7-/m1/s1. The van der Waals surface area contributed by atoms with Crippen LogP contribution in [-0.4, -0.2) is 6.61 Å². The Bertz CT molecular complexity index is 286. The molecule has 0 heterocycles. The molecule has 1 aromatic carbocycles. The molecule has 0 amide bonds. The first-order valence-electron chi connectivity index (χ1n) is 4.33. The summed E-state index contributed by atoms with van der Waals surface area (Å²) in [6.07, 6.45) is 0. The summed E-state index contributed by atoms with van der Waals surface area (Å²) in [6.45, 7) is 4.63. The molecule has 0 aliphatic carbocycles. The third-order valence-electron chi connectivity index (χ3n) is 1.77. The lowest BCUT2D eigenvalue weighted by Crippen LogP contribution is -2.09. The Labute approximate surface area is 92.6 Å². The number of hydrogen-bond acceptors (Lipinski definition) is 2. The summed E-state index contributed by atoms with van der Waals surface area (Å²) >= 11 is 2.28. The van der Waals surface area contributed by atoms with E-state index < -0.39 is 0 Å². The smallest absolute Gasteiger partial charge is 0.125 e. The average molecular weight is 291 g/mol. The lowest BCUT2D eigenvalue weighted by atomic mass is 10.1. The van der Waals surface area contributed by atoms with Gasteiger partial charge in [0.25, 0.3) is 0 Å². The molecule has 0 saturated heterocycles. The Balaban J connectivity index is 3.10. The molecule has 13 heavy (non-hydrogen) atoms. The Morgan fingerprint density at radius 2 is 2.23 bits per heavy atom. The number of hydrogen-bond donors (Lipinski definition) is 1. The zero-order valence-electron chi connectivity index (χ0n) is 7.88. The molecule has 0 bridgehead atoms. The fourth-order valence-corrected chi connectivity index (χ4v) is 2.21. The van der Waals surface area contributed by atoms with Crippen LogP contribution in [-0.2, 0) is 0 Å². The Morgan fingerprint density at radius 3 is 2.77 bits per heavy atom. The summed E-state index contributed by atoms with van der Waals surface area (Å²) in [5.41, 5.74) is 6.96. The molecular formula is C10H14INO. The van der Waals surface area contributed by atoms with Gasteiger partial charge < -0.3 is 10.5 Å². The van der Waals surface area contributed by atoms with Crippen molar-refractivity contribution < 1.29 is 4.74 Å². The molecule has 1 aromatic rings. The van der Waals surface area contributed by atoms with Gasteiger partial charge in [0.05, 0.1) is 6.61 Å². The minimum atomic E-state index is 0.0228. The molecule has 0 aromatic heterocycles. The van der Waals surface area contributed by atoms with Gasteiger partial charge in [-0.3, -0.25) is 0 Å². The van der Waals surface area contributed by atoms with E-state index in [-0.39, 0.29) is 6.04 Å². The summed E-state index contributed by atoms with van der Waals surface area (Å²) in [6, 6.07) is 6.01. The molecule has 2 N–H and O–H groups in total. The maximum Gasteiger partial charge on any atom is 0.125 e. The average Bonchev–Trinajstić information content (AvgIpc) is 2.04. The second-order valence-electron chi connectivity index (χ2n) is 2.87. The number of rotatable bonds is 3. The third kappa shape index (κ3) is 2.57. The minimum absolute atomic E-state index is 0.0228. The van der Waals surface area contributed by atoms with Crippen LogP contribution in [0, 0.1) is 3.57 Å². The fraction of sp³-hybridized carbons (Fsp3) is 0.400. The maximum atomic E-state index is 5.86. The molecule has 0 unspecified atom stereocenters. The summed E-state index contributed by atoms with van der Waals surface area (Å²) in [5.74, 6) is 0.907. The van der Waals surface area contributed by atoms with Gasteiger partial charge in [-0.1, -0.05) is 6.07 Å². The molecule has 1 rings (SSSR count). The van der Waals surface area contributed by atoms with Crippen molar-refractivity contribution in [3.8, 4) is 5.75 Å². The topological polar surface area (TPSA) is 35.2 Å². The van der Waals surface area contributed by atoms with Crippen LogP contribution >= 0.6 is 22.6 Å². The predicted molar refractivity (Wildman–Crippen MR) is 62.9 cm³/mol. The first kappa shape index (κ1) is 10.8. The molecule has 3 heteroatoms. The van der Waals surface area contributed by atoms with Gasteiger partial charge in [-0.25, -0.2) is 0 Å². The summed E-state index contributed by atoms with van der Waals surface area (Å²) in [5, 5.41) is 0. The lowest BCUT2D eigenvalue weighted by molar-refractivity contribution is 0.334. The highest BCUT2D eigenvalue weighted by Gasteiger charge is 2.10. The molecule has 0 spiro atoms. The van der Waals surface area contributed by atoms with Gasteiger partial charge in [0.1, 0.15) is 5.75 Å². The predicted octanol–water partition coefficient (Wildman–Crippen LogP) is 2.71. The molecule has 1 atom stereocenters. The van der Waals surface area contributed by atoms with Gasteiger partial charge >= 0.3 is 0 Å². The quantitative estimate of drug-likeness (QED) is 0.869. The van der Waals surface area contributed by atoms with Crippen LogP contribution in [0.1, 0.15) is 25.5 Å². The largest absolute Gasteiger partial charge is 0.493 e. The highest BCUT2D eigenvalue weighted by atomic mass is 127. The van der Waals surface area contributed by atoms with Crippen molar-refractivity contribution in [3.05, 3.63) is 27.3 Å². The highest BCUT2D eigenvalue weighted by Crippen LogP contribution is 2.28. The molecule has 0 fully saturated rings. The monoisotopic (exact) mass is 291 g/mol. The number of ether oxygens (including phenoxy) is 1. The van der Waals surface area contributed by atoms with Gasteiger partial charge in [-0.05, 0) is 48.6 Å². The maximum absolute atomic E-state index is 5.86. The molecule has 72 valence electrons. The van der Waals surface area contributed by atoms with Gasteiger partial charge in [0.2, 0.25) is 0 Å². The Hall–Kier alpha value is -0.290. The summed E-state index contributed by atoms with van der Waals surface area (Å²) in [4.78, 5) is 0. The van der Waals surface area contributed by atoms with E-state index in [1.165, 1.54) is 3.57 Å². The van der Waals surface area contributed by atoms with Crippen molar-refractivity contribution in [2.75, 3.05) is 6.61 Å². The van der Waals surface area contributed by atoms with Crippen LogP contribution in [0.3, 0.4) is 0 Å². The van der Waals surface area contributed by atoms with E-state index >= 15 is 0 Å². The van der Waals surface area contributed by atoms with E-state index in [1.807, 2.05) is 32.0 Å². The van der Waals surface area contributed by atoms with Crippen molar-refractivity contribution >= 4 is 22.6 Å². The zero-order valence-corrected chi connectivity index (χ0v) is 10.0. The summed E-state index contributed by atoms with van der Waals surface area (Å²) in [7, 11) is 0. The molecule has 0 radical (unpaired) electrons. The van der Waals surface area contributed by atoms with Crippen LogP contribution in [0.5, 0.6) is 5.75 Å². The number of benzene rings is 1. The van der Waals surface area contributed by atoms with Crippen molar-refractivity contribution in [1.82, 2.24) is 0 Å². The van der Waals surface area contributed by atoms with Crippen molar-refractivity contribution in [1.29, 1.82) is 0 Å². The Morgan fingerprint density at radius 1 is 1.54 bits per heavy atom. The van der Waals surface area contributed by atoms with Crippen LogP contribution in [0.25, 0.3) is 0 Å². The molecular weight excluding hydrogens is 277 g/mol. The van der Waals surface area contributed by atoms with Crippen LogP contribution in [0.4, 0.5) is 0 Å². The molecule has 2 nitrogen and oxygen atoms in total. The van der Waals surface area contributed by atoms with Crippen molar-refractivity contribution in [3.63, 3.8) is 0 Å². The zero-order chi connectivity index (χ0) is 9.84. The van der Waals surface area contributed by atoms with Crippen molar-refractivity contribution in [2.24, 2.45) is 5.73 Å². The first-order valence-corrected chi connectivity index (χ1v) is 5.41. The van der Waals surface area contributed by atoms with Gasteiger partial charge in [-0.15, -0.1) is 0 Å². The minimum Gasteiger partial charge on any atom is -0.493 e. The Kier molecular flexibility index (Phi) is 3.99. The second-order valence-corrected chi connectivity index (χ2v) is 4.04. The molecule has 0 aliphatic rings. The van der Waals surface area contributed by atoms with Crippen LogP contribution < -0.4 is 10.5 Å².